The Hall–Kier alpha value is -1.14. The molecule has 15 heavy (non-hydrogen) atoms. The van der Waals surface area contributed by atoms with Crippen molar-refractivity contribution in [3.63, 3.8) is 0 Å². The molecule has 1 rings (SSSR count). The topological polar surface area (TPSA) is 110 Å². The number of nitrogens with zero attached hydrogens (tertiary/aromatic N) is 1. The third-order valence-corrected chi connectivity index (χ3v) is 2.42. The van der Waals surface area contributed by atoms with Gasteiger partial charge in [-0.05, 0) is 6.92 Å². The highest BCUT2D eigenvalue weighted by atomic mass is 16.3. The van der Waals surface area contributed by atoms with Gasteiger partial charge in [0.15, 0.2) is 0 Å². The molecule has 0 aromatic heterocycles. The smallest absolute Gasteiger partial charge is 0.240 e. The average molecular weight is 215 g/mol. The Bertz CT molecular complexity index is 267. The van der Waals surface area contributed by atoms with Crippen molar-refractivity contribution >= 4 is 11.8 Å². The highest BCUT2D eigenvalue weighted by Gasteiger charge is 2.37. The van der Waals surface area contributed by atoms with Gasteiger partial charge < -0.3 is 21.5 Å². The quantitative estimate of drug-likeness (QED) is 0.514. The molecule has 0 aliphatic carbocycles. The van der Waals surface area contributed by atoms with Gasteiger partial charge in [-0.3, -0.25) is 9.59 Å². The number of nitrogens with two attached hydrogens (primary N) is 2. The molecule has 0 bridgehead atoms. The van der Waals surface area contributed by atoms with Gasteiger partial charge in [-0.25, -0.2) is 0 Å². The fourth-order valence-corrected chi connectivity index (χ4v) is 1.75. The third-order valence-electron chi connectivity index (χ3n) is 2.42. The van der Waals surface area contributed by atoms with Crippen molar-refractivity contribution in [1.82, 2.24) is 4.90 Å². The highest BCUT2D eigenvalue weighted by molar-refractivity contribution is 5.87. The molecule has 1 fully saturated rings. The Morgan fingerprint density at radius 1 is 1.60 bits per heavy atom. The van der Waals surface area contributed by atoms with Crippen LogP contribution in [0.5, 0.6) is 0 Å². The number of primary amides is 1. The van der Waals surface area contributed by atoms with Gasteiger partial charge in [-0.1, -0.05) is 0 Å². The predicted octanol–water partition coefficient (Wildman–Crippen LogP) is -1.83. The summed E-state index contributed by atoms with van der Waals surface area (Å²) in [7, 11) is 0. The molecule has 3 unspecified atom stereocenters. The minimum Gasteiger partial charge on any atom is -0.391 e. The number of carbonyl (C=O) groups is 2. The van der Waals surface area contributed by atoms with E-state index in [1.54, 1.807) is 6.92 Å². The van der Waals surface area contributed by atoms with Crippen LogP contribution in [0.4, 0.5) is 0 Å². The molecule has 86 valence electrons. The molecule has 1 saturated heterocycles. The molecule has 6 nitrogen and oxygen atoms in total. The van der Waals surface area contributed by atoms with E-state index in [-0.39, 0.29) is 31.3 Å². The van der Waals surface area contributed by atoms with Gasteiger partial charge in [0.25, 0.3) is 0 Å². The summed E-state index contributed by atoms with van der Waals surface area (Å²) in [4.78, 5) is 24.0. The lowest BCUT2D eigenvalue weighted by Crippen LogP contribution is -2.45. The van der Waals surface area contributed by atoms with Crippen molar-refractivity contribution in [3.05, 3.63) is 0 Å². The third kappa shape index (κ3) is 2.90. The van der Waals surface area contributed by atoms with E-state index < -0.39 is 18.1 Å². The van der Waals surface area contributed by atoms with Crippen LogP contribution in [0.2, 0.25) is 0 Å². The van der Waals surface area contributed by atoms with Gasteiger partial charge in [0, 0.05) is 25.4 Å². The fraction of sp³-hybridized carbons (Fsp3) is 0.778. The molecule has 1 aliphatic rings. The summed E-state index contributed by atoms with van der Waals surface area (Å²) in [5.41, 5.74) is 10.6. The van der Waals surface area contributed by atoms with Gasteiger partial charge in [-0.2, -0.15) is 0 Å². The van der Waals surface area contributed by atoms with E-state index in [9.17, 15) is 14.7 Å². The number of hydrogen-bond donors (Lipinski definition) is 3. The number of carbonyl (C=O) groups excluding carboxylic acids is 2. The van der Waals surface area contributed by atoms with E-state index in [0.29, 0.717) is 0 Å². The SMILES string of the molecule is CC(N)CC(=O)N1CC(O)CC1C(N)=O. The lowest BCUT2D eigenvalue weighted by Gasteiger charge is -2.22. The van der Waals surface area contributed by atoms with Crippen LogP contribution < -0.4 is 11.5 Å². The first kappa shape index (κ1) is 11.9. The van der Waals surface area contributed by atoms with Crippen molar-refractivity contribution in [2.75, 3.05) is 6.54 Å². The summed E-state index contributed by atoms with van der Waals surface area (Å²) >= 11 is 0. The van der Waals surface area contributed by atoms with E-state index in [4.69, 9.17) is 11.5 Å². The summed E-state index contributed by atoms with van der Waals surface area (Å²) in [6.45, 7) is 1.88. The normalized spacial score (nSPS) is 27.8. The van der Waals surface area contributed by atoms with Gasteiger partial charge in [0.2, 0.25) is 11.8 Å². The summed E-state index contributed by atoms with van der Waals surface area (Å²) in [6, 6.07) is -0.949. The van der Waals surface area contributed by atoms with Crippen LogP contribution >= 0.6 is 0 Å². The maximum Gasteiger partial charge on any atom is 0.240 e. The van der Waals surface area contributed by atoms with Crippen molar-refractivity contribution in [2.45, 2.75) is 38.0 Å². The second kappa shape index (κ2) is 4.59. The Kier molecular flexibility index (Phi) is 3.65. The maximum absolute atomic E-state index is 11.6. The van der Waals surface area contributed by atoms with Crippen LogP contribution in [-0.4, -0.2) is 46.6 Å². The Morgan fingerprint density at radius 3 is 2.67 bits per heavy atom. The molecule has 0 aromatic rings. The van der Waals surface area contributed by atoms with Crippen LogP contribution in [0.1, 0.15) is 19.8 Å². The summed E-state index contributed by atoms with van der Waals surface area (Å²) in [6.07, 6.45) is -0.282. The van der Waals surface area contributed by atoms with E-state index in [2.05, 4.69) is 0 Å². The molecule has 0 spiro atoms. The second-order valence-corrected chi connectivity index (χ2v) is 4.04. The number of hydrogen-bond acceptors (Lipinski definition) is 4. The monoisotopic (exact) mass is 215 g/mol. The Balaban J connectivity index is 2.66. The summed E-state index contributed by atoms with van der Waals surface area (Å²) in [5, 5.41) is 9.37. The summed E-state index contributed by atoms with van der Waals surface area (Å²) in [5.74, 6) is -0.810. The minimum absolute atomic E-state index is 0.163. The number of amides is 2. The molecule has 0 saturated carbocycles. The van der Waals surface area contributed by atoms with E-state index in [1.165, 1.54) is 4.90 Å². The van der Waals surface area contributed by atoms with Crippen LogP contribution in [0.25, 0.3) is 0 Å². The minimum atomic E-state index is -0.689. The first-order valence-electron chi connectivity index (χ1n) is 4.94. The van der Waals surface area contributed by atoms with Crippen LogP contribution in [-0.2, 0) is 9.59 Å². The number of rotatable bonds is 3. The zero-order valence-electron chi connectivity index (χ0n) is 8.72. The fourth-order valence-electron chi connectivity index (χ4n) is 1.75. The van der Waals surface area contributed by atoms with Crippen LogP contribution in [0.3, 0.4) is 0 Å². The number of aliphatic hydroxyl groups is 1. The molecule has 5 N–H and O–H groups in total. The zero-order chi connectivity index (χ0) is 11.6. The Labute approximate surface area is 88.2 Å². The van der Waals surface area contributed by atoms with Crippen molar-refractivity contribution in [3.8, 4) is 0 Å². The van der Waals surface area contributed by atoms with E-state index in [1.807, 2.05) is 0 Å². The Morgan fingerprint density at radius 2 is 2.20 bits per heavy atom. The maximum atomic E-state index is 11.6. The molecule has 6 heteroatoms. The molecule has 2 amide bonds. The van der Waals surface area contributed by atoms with Crippen LogP contribution in [0.15, 0.2) is 0 Å². The van der Waals surface area contributed by atoms with Gasteiger partial charge >= 0.3 is 0 Å². The van der Waals surface area contributed by atoms with Crippen molar-refractivity contribution < 1.29 is 14.7 Å². The predicted molar refractivity (Wildman–Crippen MR) is 53.6 cm³/mol. The second-order valence-electron chi connectivity index (χ2n) is 4.04. The number of β-amino-alcohol motifs (C(OH)–C–C–N with tert-alkyl or cyclic N) is 1. The van der Waals surface area contributed by atoms with Gasteiger partial charge in [-0.15, -0.1) is 0 Å². The lowest BCUT2D eigenvalue weighted by molar-refractivity contribution is -0.137. The molecule has 3 atom stereocenters. The standard InChI is InChI=1S/C9H17N3O3/c1-5(10)2-8(14)12-4-6(13)3-7(12)9(11)15/h5-7,13H,2-4,10H2,1H3,(H2,11,15). The van der Waals surface area contributed by atoms with Crippen molar-refractivity contribution in [2.24, 2.45) is 11.5 Å². The first-order valence-corrected chi connectivity index (χ1v) is 4.94. The molecule has 1 aliphatic heterocycles. The molecule has 0 aromatic carbocycles. The average Bonchev–Trinajstić information content (AvgIpc) is 2.46. The number of likely N-dealkylation sites (tertiary alicyclic amines) is 1. The molecule has 1 heterocycles. The van der Waals surface area contributed by atoms with Crippen molar-refractivity contribution in [1.29, 1.82) is 0 Å². The highest BCUT2D eigenvalue weighted by Crippen LogP contribution is 2.18. The largest absolute Gasteiger partial charge is 0.391 e. The summed E-state index contributed by atoms with van der Waals surface area (Å²) < 4.78 is 0. The first-order chi connectivity index (χ1) is 6.91. The lowest BCUT2D eigenvalue weighted by atomic mass is 10.1. The van der Waals surface area contributed by atoms with Crippen LogP contribution in [0, 0.1) is 0 Å². The van der Waals surface area contributed by atoms with Gasteiger partial charge in [0.1, 0.15) is 6.04 Å². The molecular weight excluding hydrogens is 198 g/mol. The van der Waals surface area contributed by atoms with Gasteiger partial charge in [0.05, 0.1) is 6.10 Å². The molecule has 0 radical (unpaired) electrons. The molecular formula is C9H17N3O3. The number of aliphatic hydroxyl groups excluding tert-OH is 1. The van der Waals surface area contributed by atoms with E-state index >= 15 is 0 Å². The zero-order valence-corrected chi connectivity index (χ0v) is 8.72. The van der Waals surface area contributed by atoms with E-state index in [0.717, 1.165) is 0 Å².